The first-order valence-corrected chi connectivity index (χ1v) is 6.04. The van der Waals surface area contributed by atoms with Crippen LogP contribution in [-0.2, 0) is 6.18 Å². The summed E-state index contributed by atoms with van der Waals surface area (Å²) in [6, 6.07) is 4.02. The highest BCUT2D eigenvalue weighted by atomic mass is 19.4. The number of hydrogen-bond acceptors (Lipinski definition) is 3. The lowest BCUT2D eigenvalue weighted by molar-refractivity contribution is -0.136. The highest BCUT2D eigenvalue weighted by Crippen LogP contribution is 2.35. The van der Waals surface area contributed by atoms with E-state index in [2.05, 4.69) is 0 Å². The van der Waals surface area contributed by atoms with Crippen molar-refractivity contribution >= 4 is 11.4 Å². The molecule has 108 valence electrons. The quantitative estimate of drug-likeness (QED) is 0.839. The fourth-order valence-electron chi connectivity index (χ4n) is 1.78. The fourth-order valence-corrected chi connectivity index (χ4v) is 1.78. The standard InChI is InChI=1S/C13H20F3N3/c1-18(2)7-4-8-19(3)10-5-6-12(17)11(9-10)13(14,15)16/h5-6,9H,4,7-8,17H2,1-3H3. The second kappa shape index (κ2) is 6.14. The molecule has 19 heavy (non-hydrogen) atoms. The van der Waals surface area contributed by atoms with Crippen LogP contribution in [0.25, 0.3) is 0 Å². The van der Waals surface area contributed by atoms with Crippen LogP contribution in [-0.4, -0.2) is 39.1 Å². The molecule has 0 bridgehead atoms. The van der Waals surface area contributed by atoms with Crippen molar-refractivity contribution in [2.45, 2.75) is 12.6 Å². The molecule has 1 aromatic rings. The van der Waals surface area contributed by atoms with E-state index in [-0.39, 0.29) is 5.69 Å². The normalized spacial score (nSPS) is 11.9. The van der Waals surface area contributed by atoms with Crippen LogP contribution in [0.15, 0.2) is 18.2 Å². The Morgan fingerprint density at radius 1 is 1.11 bits per heavy atom. The van der Waals surface area contributed by atoms with Gasteiger partial charge in [-0.1, -0.05) is 0 Å². The fraction of sp³-hybridized carbons (Fsp3) is 0.538. The molecule has 3 nitrogen and oxygen atoms in total. The lowest BCUT2D eigenvalue weighted by Crippen LogP contribution is -2.23. The third kappa shape index (κ3) is 4.63. The van der Waals surface area contributed by atoms with E-state index >= 15 is 0 Å². The number of alkyl halides is 3. The molecule has 0 amide bonds. The summed E-state index contributed by atoms with van der Waals surface area (Å²) < 4.78 is 38.2. The Balaban J connectivity index is 2.78. The molecule has 1 aromatic carbocycles. The number of nitrogens with two attached hydrogens (primary N) is 1. The molecule has 0 aromatic heterocycles. The van der Waals surface area contributed by atoms with E-state index in [1.807, 2.05) is 19.0 Å². The lowest BCUT2D eigenvalue weighted by atomic mass is 10.1. The summed E-state index contributed by atoms with van der Waals surface area (Å²) in [6.07, 6.45) is -3.53. The molecule has 0 heterocycles. The topological polar surface area (TPSA) is 32.5 Å². The Kier molecular flexibility index (Phi) is 5.05. The second-order valence-electron chi connectivity index (χ2n) is 4.85. The molecule has 0 aliphatic rings. The molecule has 6 heteroatoms. The minimum atomic E-state index is -4.41. The lowest BCUT2D eigenvalue weighted by Gasteiger charge is -2.22. The van der Waals surface area contributed by atoms with E-state index in [1.54, 1.807) is 18.0 Å². The van der Waals surface area contributed by atoms with E-state index in [1.165, 1.54) is 6.07 Å². The SMILES string of the molecule is CN(C)CCCN(C)c1ccc(N)c(C(F)(F)F)c1. The molecule has 0 fully saturated rings. The number of hydrogen-bond donors (Lipinski definition) is 1. The van der Waals surface area contributed by atoms with Crippen LogP contribution in [0.4, 0.5) is 24.5 Å². The third-order valence-corrected chi connectivity index (χ3v) is 2.88. The van der Waals surface area contributed by atoms with E-state index in [0.717, 1.165) is 19.0 Å². The maximum Gasteiger partial charge on any atom is 0.418 e. The summed E-state index contributed by atoms with van der Waals surface area (Å²) in [5.74, 6) is 0. The summed E-state index contributed by atoms with van der Waals surface area (Å²) in [6.45, 7) is 1.59. The van der Waals surface area contributed by atoms with Gasteiger partial charge in [0.25, 0.3) is 0 Å². The molecule has 0 atom stereocenters. The number of nitrogen functional groups attached to an aromatic ring is 1. The molecule has 2 N–H and O–H groups in total. The predicted octanol–water partition coefficient (Wildman–Crippen LogP) is 2.68. The first kappa shape index (κ1) is 15.6. The third-order valence-electron chi connectivity index (χ3n) is 2.88. The van der Waals surface area contributed by atoms with Gasteiger partial charge in [0.15, 0.2) is 0 Å². The van der Waals surface area contributed by atoms with Gasteiger partial charge < -0.3 is 15.5 Å². The minimum Gasteiger partial charge on any atom is -0.398 e. The Labute approximate surface area is 111 Å². The molecule has 0 spiro atoms. The Morgan fingerprint density at radius 3 is 2.26 bits per heavy atom. The summed E-state index contributed by atoms with van der Waals surface area (Å²) in [4.78, 5) is 3.84. The molecule has 0 unspecified atom stereocenters. The maximum atomic E-state index is 12.7. The van der Waals surface area contributed by atoms with Crippen molar-refractivity contribution in [3.05, 3.63) is 23.8 Å². The Hall–Kier alpha value is -1.43. The number of halogens is 3. The molecule has 0 saturated carbocycles. The largest absolute Gasteiger partial charge is 0.418 e. The van der Waals surface area contributed by atoms with E-state index in [9.17, 15) is 13.2 Å². The van der Waals surface area contributed by atoms with Crippen molar-refractivity contribution in [1.82, 2.24) is 4.90 Å². The van der Waals surface area contributed by atoms with Gasteiger partial charge in [-0.25, -0.2) is 0 Å². The van der Waals surface area contributed by atoms with Gasteiger partial charge >= 0.3 is 6.18 Å². The number of nitrogens with zero attached hydrogens (tertiary/aromatic N) is 2. The molecular weight excluding hydrogens is 255 g/mol. The zero-order valence-corrected chi connectivity index (χ0v) is 11.5. The summed E-state index contributed by atoms with van der Waals surface area (Å²) in [7, 11) is 5.71. The van der Waals surface area contributed by atoms with Gasteiger partial charge in [0.1, 0.15) is 0 Å². The highest BCUT2D eigenvalue weighted by Gasteiger charge is 2.33. The molecule has 1 rings (SSSR count). The average molecular weight is 275 g/mol. The van der Waals surface area contributed by atoms with Crippen molar-refractivity contribution in [2.75, 3.05) is 44.9 Å². The second-order valence-corrected chi connectivity index (χ2v) is 4.85. The average Bonchev–Trinajstić information content (AvgIpc) is 2.27. The summed E-state index contributed by atoms with van der Waals surface area (Å²) in [5, 5.41) is 0. The number of benzene rings is 1. The Bertz CT molecular complexity index is 416. The first-order valence-electron chi connectivity index (χ1n) is 6.04. The van der Waals surface area contributed by atoms with Crippen LogP contribution in [0.1, 0.15) is 12.0 Å². The van der Waals surface area contributed by atoms with Gasteiger partial charge in [-0.05, 0) is 45.3 Å². The van der Waals surface area contributed by atoms with Crippen molar-refractivity contribution in [1.29, 1.82) is 0 Å². The van der Waals surface area contributed by atoms with Crippen molar-refractivity contribution in [2.24, 2.45) is 0 Å². The van der Waals surface area contributed by atoms with Crippen molar-refractivity contribution < 1.29 is 13.2 Å². The number of rotatable bonds is 5. The molecule has 0 saturated heterocycles. The molecular formula is C13H20F3N3. The van der Waals surface area contributed by atoms with Gasteiger partial charge in [0.05, 0.1) is 5.56 Å². The van der Waals surface area contributed by atoms with Crippen LogP contribution < -0.4 is 10.6 Å². The number of anilines is 2. The Morgan fingerprint density at radius 2 is 1.74 bits per heavy atom. The molecule has 0 aliphatic carbocycles. The summed E-state index contributed by atoms with van der Waals surface area (Å²) in [5.41, 5.74) is 4.89. The smallest absolute Gasteiger partial charge is 0.398 e. The van der Waals surface area contributed by atoms with Crippen molar-refractivity contribution in [3.8, 4) is 0 Å². The molecule has 0 radical (unpaired) electrons. The minimum absolute atomic E-state index is 0.238. The maximum absolute atomic E-state index is 12.7. The van der Waals surface area contributed by atoms with Gasteiger partial charge in [-0.3, -0.25) is 0 Å². The molecule has 0 aliphatic heterocycles. The monoisotopic (exact) mass is 275 g/mol. The highest BCUT2D eigenvalue weighted by molar-refractivity contribution is 5.59. The van der Waals surface area contributed by atoms with E-state index in [4.69, 9.17) is 5.73 Å². The van der Waals surface area contributed by atoms with Crippen LogP contribution in [0.3, 0.4) is 0 Å². The van der Waals surface area contributed by atoms with Gasteiger partial charge in [0.2, 0.25) is 0 Å². The van der Waals surface area contributed by atoms with Crippen LogP contribution in [0.5, 0.6) is 0 Å². The first-order chi connectivity index (χ1) is 8.71. The predicted molar refractivity (Wildman–Crippen MR) is 72.3 cm³/mol. The van der Waals surface area contributed by atoms with E-state index in [0.29, 0.717) is 12.2 Å². The van der Waals surface area contributed by atoms with Crippen molar-refractivity contribution in [3.63, 3.8) is 0 Å². The van der Waals surface area contributed by atoms with Crippen LogP contribution in [0.2, 0.25) is 0 Å². The van der Waals surface area contributed by atoms with Crippen LogP contribution in [0, 0.1) is 0 Å². The van der Waals surface area contributed by atoms with Gasteiger partial charge in [-0.15, -0.1) is 0 Å². The zero-order valence-electron chi connectivity index (χ0n) is 11.5. The summed E-state index contributed by atoms with van der Waals surface area (Å²) >= 11 is 0. The van der Waals surface area contributed by atoms with Crippen LogP contribution >= 0.6 is 0 Å². The van der Waals surface area contributed by atoms with E-state index < -0.39 is 11.7 Å². The van der Waals surface area contributed by atoms with Gasteiger partial charge in [0, 0.05) is 25.0 Å². The zero-order chi connectivity index (χ0) is 14.6. The van der Waals surface area contributed by atoms with Gasteiger partial charge in [-0.2, -0.15) is 13.2 Å².